The van der Waals surface area contributed by atoms with Gasteiger partial charge in [0, 0.05) is 37.8 Å². The maximum absolute atomic E-state index is 13.4. The maximum atomic E-state index is 13.4. The molecule has 2 aromatic heterocycles. The van der Waals surface area contributed by atoms with Crippen LogP contribution in [0.5, 0.6) is 0 Å². The highest BCUT2D eigenvalue weighted by Crippen LogP contribution is 2.27. The number of benzene rings is 1. The van der Waals surface area contributed by atoms with Crippen molar-refractivity contribution < 1.29 is 17.6 Å². The van der Waals surface area contributed by atoms with Crippen LogP contribution >= 0.6 is 0 Å². The van der Waals surface area contributed by atoms with Crippen molar-refractivity contribution in [1.29, 1.82) is 0 Å². The molecule has 178 valence electrons. The van der Waals surface area contributed by atoms with Gasteiger partial charge in [-0.15, -0.1) is 0 Å². The molecule has 3 aromatic rings. The molecule has 2 heterocycles. The molecule has 8 nitrogen and oxygen atoms in total. The van der Waals surface area contributed by atoms with Gasteiger partial charge in [-0.1, -0.05) is 34.6 Å². The molecule has 0 fully saturated rings. The quantitative estimate of drug-likeness (QED) is 0.561. The first-order valence-electron chi connectivity index (χ1n) is 10.7. The fourth-order valence-corrected chi connectivity index (χ4v) is 4.94. The van der Waals surface area contributed by atoms with Crippen LogP contribution in [0.15, 0.2) is 47.5 Å². The van der Waals surface area contributed by atoms with E-state index >= 15 is 0 Å². The number of anilines is 1. The molecule has 0 bridgehead atoms. The highest BCUT2D eigenvalue weighted by Gasteiger charge is 2.27. The number of amides is 1. The Hall–Kier alpha value is -2.98. The van der Waals surface area contributed by atoms with Crippen molar-refractivity contribution in [2.45, 2.75) is 44.9 Å². The number of aromatic nitrogens is 3. The van der Waals surface area contributed by atoms with Gasteiger partial charge in [0.15, 0.2) is 0 Å². The van der Waals surface area contributed by atoms with E-state index in [-0.39, 0.29) is 21.8 Å². The van der Waals surface area contributed by atoms with Crippen LogP contribution in [0.3, 0.4) is 0 Å². The van der Waals surface area contributed by atoms with Gasteiger partial charge in [-0.2, -0.15) is 9.40 Å². The Kier molecular flexibility index (Phi) is 6.80. The van der Waals surface area contributed by atoms with Crippen LogP contribution in [-0.4, -0.2) is 46.1 Å². The zero-order chi connectivity index (χ0) is 24.6. The number of nitrogens with one attached hydrogen (secondary N) is 1. The summed E-state index contributed by atoms with van der Waals surface area (Å²) < 4.78 is 43.5. The lowest BCUT2D eigenvalue weighted by molar-refractivity contribution is 0.101. The first kappa shape index (κ1) is 24.7. The van der Waals surface area contributed by atoms with Gasteiger partial charge in [0.1, 0.15) is 22.2 Å². The number of aryl methyl sites for hydroxylation is 1. The van der Waals surface area contributed by atoms with Crippen LogP contribution in [0.1, 0.15) is 50.8 Å². The second-order valence-corrected chi connectivity index (χ2v) is 10.7. The second kappa shape index (κ2) is 9.11. The lowest BCUT2D eigenvalue weighted by Gasteiger charge is -2.17. The Morgan fingerprint density at radius 1 is 1.12 bits per heavy atom. The van der Waals surface area contributed by atoms with Crippen LogP contribution in [0.2, 0.25) is 0 Å². The minimum Gasteiger partial charge on any atom is -0.345 e. The standard InChI is InChI=1S/C23H30FN5O3S/c1-7-28(8-2)33(31,32)18-13-19(27(6)15-18)22(30)25-21-14-20(23(3,4)5)26-29(21)17-11-9-16(24)10-12-17/h9-15H,7-8H2,1-6H3,(H,25,30). The second-order valence-electron chi connectivity index (χ2n) is 8.77. The molecule has 3 rings (SSSR count). The number of carbonyl (C=O) groups excluding carboxylic acids is 1. The van der Waals surface area contributed by atoms with Crippen molar-refractivity contribution in [1.82, 2.24) is 18.7 Å². The van der Waals surface area contributed by atoms with E-state index in [1.165, 1.54) is 38.0 Å². The highest BCUT2D eigenvalue weighted by molar-refractivity contribution is 7.89. The summed E-state index contributed by atoms with van der Waals surface area (Å²) in [6, 6.07) is 8.91. The number of sulfonamides is 1. The molecular weight excluding hydrogens is 445 g/mol. The van der Waals surface area contributed by atoms with E-state index in [1.54, 1.807) is 39.1 Å². The summed E-state index contributed by atoms with van der Waals surface area (Å²) in [7, 11) is -2.08. The van der Waals surface area contributed by atoms with Crippen molar-refractivity contribution in [3.63, 3.8) is 0 Å². The Morgan fingerprint density at radius 2 is 1.73 bits per heavy atom. The average Bonchev–Trinajstić information content (AvgIpc) is 3.33. The average molecular weight is 476 g/mol. The lowest BCUT2D eigenvalue weighted by atomic mass is 9.92. The topological polar surface area (TPSA) is 89.2 Å². The van der Waals surface area contributed by atoms with E-state index in [0.29, 0.717) is 24.6 Å². The predicted molar refractivity (Wildman–Crippen MR) is 126 cm³/mol. The van der Waals surface area contributed by atoms with Gasteiger partial charge < -0.3 is 9.88 Å². The smallest absolute Gasteiger partial charge is 0.273 e. The van der Waals surface area contributed by atoms with Crippen LogP contribution in [0.25, 0.3) is 5.69 Å². The SMILES string of the molecule is CCN(CC)S(=O)(=O)c1cc(C(=O)Nc2cc(C(C)(C)C)nn2-c2ccc(F)cc2)n(C)c1. The van der Waals surface area contributed by atoms with Crippen molar-refractivity contribution in [2.24, 2.45) is 7.05 Å². The van der Waals surface area contributed by atoms with Crippen LogP contribution in [0, 0.1) is 5.82 Å². The van der Waals surface area contributed by atoms with E-state index < -0.39 is 15.9 Å². The summed E-state index contributed by atoms with van der Waals surface area (Å²) in [5, 5.41) is 7.44. The van der Waals surface area contributed by atoms with Crippen LogP contribution in [0.4, 0.5) is 10.2 Å². The molecule has 0 saturated carbocycles. The third-order valence-electron chi connectivity index (χ3n) is 5.35. The first-order valence-corrected chi connectivity index (χ1v) is 12.2. The predicted octanol–water partition coefficient (Wildman–Crippen LogP) is 3.93. The molecule has 0 atom stereocenters. The number of nitrogens with zero attached hydrogens (tertiary/aromatic N) is 4. The van der Waals surface area contributed by atoms with Crippen molar-refractivity contribution in [3.05, 3.63) is 59.8 Å². The first-order chi connectivity index (χ1) is 15.4. The van der Waals surface area contributed by atoms with Crippen molar-refractivity contribution in [2.75, 3.05) is 18.4 Å². The minimum absolute atomic E-state index is 0.0567. The molecule has 33 heavy (non-hydrogen) atoms. The van der Waals surface area contributed by atoms with Crippen molar-refractivity contribution >= 4 is 21.7 Å². The Morgan fingerprint density at radius 3 is 2.27 bits per heavy atom. The molecule has 0 unspecified atom stereocenters. The zero-order valence-corrected chi connectivity index (χ0v) is 20.6. The summed E-state index contributed by atoms with van der Waals surface area (Å²) >= 11 is 0. The van der Waals surface area contributed by atoms with Gasteiger partial charge in [0.05, 0.1) is 11.4 Å². The molecule has 0 aliphatic heterocycles. The summed E-state index contributed by atoms with van der Waals surface area (Å²) in [5.41, 5.74) is 1.21. The number of carbonyl (C=O) groups is 1. The molecule has 0 radical (unpaired) electrons. The molecule has 1 amide bonds. The monoisotopic (exact) mass is 475 g/mol. The van der Waals surface area contributed by atoms with Gasteiger partial charge in [0.25, 0.3) is 5.91 Å². The minimum atomic E-state index is -3.70. The number of hydrogen-bond donors (Lipinski definition) is 1. The van der Waals surface area contributed by atoms with Gasteiger partial charge in [-0.25, -0.2) is 17.5 Å². The molecule has 0 aliphatic carbocycles. The molecule has 0 aliphatic rings. The Labute approximate surface area is 194 Å². The van der Waals surface area contributed by atoms with E-state index in [1.807, 2.05) is 20.8 Å². The summed E-state index contributed by atoms with van der Waals surface area (Å²) in [5.74, 6) is -0.466. The van der Waals surface area contributed by atoms with Crippen LogP contribution in [-0.2, 0) is 22.5 Å². The van der Waals surface area contributed by atoms with E-state index in [4.69, 9.17) is 0 Å². The number of rotatable bonds is 7. The lowest BCUT2D eigenvalue weighted by Crippen LogP contribution is -2.30. The fraction of sp³-hybridized carbons (Fsp3) is 0.391. The maximum Gasteiger partial charge on any atom is 0.273 e. The number of halogens is 1. The normalized spacial score (nSPS) is 12.4. The van der Waals surface area contributed by atoms with Crippen LogP contribution < -0.4 is 5.32 Å². The van der Waals surface area contributed by atoms with Gasteiger partial charge >= 0.3 is 0 Å². The third kappa shape index (κ3) is 5.01. The summed E-state index contributed by atoms with van der Waals surface area (Å²) in [6.45, 7) is 10.2. The zero-order valence-electron chi connectivity index (χ0n) is 19.8. The fourth-order valence-electron chi connectivity index (χ4n) is 3.41. The van der Waals surface area contributed by atoms with Gasteiger partial charge in [-0.05, 0) is 30.3 Å². The molecule has 10 heteroatoms. The number of hydrogen-bond acceptors (Lipinski definition) is 4. The van der Waals surface area contributed by atoms with E-state index in [9.17, 15) is 17.6 Å². The summed E-state index contributed by atoms with van der Waals surface area (Å²) in [4.78, 5) is 13.2. The molecule has 0 spiro atoms. The molecule has 1 aromatic carbocycles. The van der Waals surface area contributed by atoms with Crippen molar-refractivity contribution in [3.8, 4) is 5.69 Å². The Bertz CT molecular complexity index is 1250. The largest absolute Gasteiger partial charge is 0.345 e. The Balaban J connectivity index is 1.99. The third-order valence-corrected chi connectivity index (χ3v) is 7.36. The highest BCUT2D eigenvalue weighted by atomic mass is 32.2. The van der Waals surface area contributed by atoms with E-state index in [2.05, 4.69) is 10.4 Å². The molecule has 0 saturated heterocycles. The van der Waals surface area contributed by atoms with Gasteiger partial charge in [-0.3, -0.25) is 4.79 Å². The molecule has 1 N–H and O–H groups in total. The van der Waals surface area contributed by atoms with E-state index in [0.717, 1.165) is 5.69 Å². The summed E-state index contributed by atoms with van der Waals surface area (Å²) in [6.07, 6.45) is 1.43. The molecular formula is C23H30FN5O3S. The van der Waals surface area contributed by atoms with Gasteiger partial charge in [0.2, 0.25) is 10.0 Å².